The first-order chi connectivity index (χ1) is 14.0. The first-order valence-corrected chi connectivity index (χ1v) is 10.2. The Morgan fingerprint density at radius 2 is 1.70 bits per heavy atom. The van der Waals surface area contributed by atoms with Gasteiger partial charge in [-0.3, -0.25) is 0 Å². The zero-order chi connectivity index (χ0) is 20.4. The maximum absolute atomic E-state index is 3.44. The maximum atomic E-state index is 3.44. The summed E-state index contributed by atoms with van der Waals surface area (Å²) >= 11 is 0. The second-order valence-corrected chi connectivity index (χ2v) is 7.83. The van der Waals surface area contributed by atoms with Gasteiger partial charge in [0.2, 0.25) is 5.69 Å². The van der Waals surface area contributed by atoms with E-state index in [2.05, 4.69) is 116 Å². The molecule has 2 aromatic carbocycles. The Kier molecular flexibility index (Phi) is 8.03. The van der Waals surface area contributed by atoms with Crippen LogP contribution < -0.4 is 63.1 Å². The largest absolute Gasteiger partial charge is 1.00 e. The Bertz CT molecular complexity index is 1100. The minimum Gasteiger partial charge on any atom is -0.359 e. The van der Waals surface area contributed by atoms with E-state index in [4.69, 9.17) is 0 Å². The molecular formula is C27H28N2Rb+. The van der Waals surface area contributed by atoms with E-state index < -0.39 is 0 Å². The standard InChI is InChI=1S/C27H28N2.Rb/c1-20(10-9-13-24-18-22-11-5-7-14-26(22)28(24)3)21(2)16-17-25-19-23-12-6-8-15-27(23)29(25)4;/h5-9,11-17H,18-19H2,1-4H3;/q;+1. The predicted octanol–water partition coefficient (Wildman–Crippen LogP) is 2.79. The van der Waals surface area contributed by atoms with Crippen LogP contribution in [0.1, 0.15) is 25.0 Å². The summed E-state index contributed by atoms with van der Waals surface area (Å²) in [7, 11) is 4.28. The number of nitrogens with zero attached hydrogens (tertiary/aromatic N) is 2. The van der Waals surface area contributed by atoms with Crippen molar-refractivity contribution in [2.75, 3.05) is 19.0 Å². The van der Waals surface area contributed by atoms with Crippen LogP contribution in [0.25, 0.3) is 0 Å². The van der Waals surface area contributed by atoms with E-state index in [-0.39, 0.29) is 58.2 Å². The van der Waals surface area contributed by atoms with Crippen molar-refractivity contribution in [3.63, 3.8) is 0 Å². The van der Waals surface area contributed by atoms with Crippen LogP contribution in [0, 0.1) is 6.08 Å². The molecule has 0 unspecified atom stereocenters. The van der Waals surface area contributed by atoms with Crippen LogP contribution >= 0.6 is 0 Å². The Morgan fingerprint density at radius 3 is 2.43 bits per heavy atom. The van der Waals surface area contributed by atoms with Crippen LogP contribution in [0.3, 0.4) is 0 Å². The molecule has 146 valence electrons. The van der Waals surface area contributed by atoms with Crippen LogP contribution in [0.4, 0.5) is 11.4 Å². The third kappa shape index (κ3) is 4.94. The first-order valence-electron chi connectivity index (χ1n) is 10.2. The van der Waals surface area contributed by atoms with E-state index in [1.165, 1.54) is 39.5 Å². The summed E-state index contributed by atoms with van der Waals surface area (Å²) in [6.07, 6.45) is 14.1. The third-order valence-corrected chi connectivity index (χ3v) is 6.00. The van der Waals surface area contributed by atoms with Gasteiger partial charge in [0.25, 0.3) is 0 Å². The molecule has 2 aliphatic heterocycles. The molecule has 0 atom stereocenters. The molecule has 0 fully saturated rings. The van der Waals surface area contributed by atoms with Crippen molar-refractivity contribution in [2.45, 2.75) is 26.7 Å². The summed E-state index contributed by atoms with van der Waals surface area (Å²) in [5, 5.41) is 0. The van der Waals surface area contributed by atoms with E-state index in [9.17, 15) is 0 Å². The van der Waals surface area contributed by atoms with E-state index in [1.807, 2.05) is 0 Å². The van der Waals surface area contributed by atoms with Gasteiger partial charge in [-0.25, -0.2) is 0 Å². The van der Waals surface area contributed by atoms with Crippen molar-refractivity contribution in [2.24, 2.45) is 0 Å². The predicted molar refractivity (Wildman–Crippen MR) is 123 cm³/mol. The Labute approximate surface area is 229 Å². The van der Waals surface area contributed by atoms with Gasteiger partial charge in [0.05, 0.1) is 6.42 Å². The van der Waals surface area contributed by atoms with Crippen LogP contribution in [0.5, 0.6) is 0 Å². The average Bonchev–Trinajstić information content (AvgIpc) is 3.23. The zero-order valence-electron chi connectivity index (χ0n) is 18.7. The SMILES string of the molecule is CC(/[C-]=C\C=C1/Cc2ccccc2N1C)=C(C)\C=C\C1=[N+](C)c2ccccc2C1.[Rb+]. The zero-order valence-corrected chi connectivity index (χ0v) is 23.7. The van der Waals surface area contributed by atoms with Gasteiger partial charge in [0.1, 0.15) is 7.05 Å². The number of anilines is 1. The van der Waals surface area contributed by atoms with Crippen molar-refractivity contribution in [3.8, 4) is 0 Å². The van der Waals surface area contributed by atoms with Crippen LogP contribution in [-0.2, 0) is 12.8 Å². The molecule has 0 aliphatic carbocycles. The van der Waals surface area contributed by atoms with Gasteiger partial charge < -0.3 is 4.90 Å². The molecule has 0 saturated heterocycles. The number of likely N-dealkylation sites (N-methyl/N-ethyl adjacent to an activating group) is 1. The van der Waals surface area contributed by atoms with Crippen LogP contribution in [0.2, 0.25) is 0 Å². The second kappa shape index (κ2) is 10.3. The van der Waals surface area contributed by atoms with Crippen molar-refractivity contribution in [3.05, 3.63) is 107 Å². The Balaban J connectivity index is 0.00000256. The fourth-order valence-corrected chi connectivity index (χ4v) is 3.98. The fourth-order valence-electron chi connectivity index (χ4n) is 3.98. The second-order valence-electron chi connectivity index (χ2n) is 7.83. The number of hydrogen-bond acceptors (Lipinski definition) is 1. The molecule has 0 spiro atoms. The van der Waals surface area contributed by atoms with Gasteiger partial charge in [-0.15, -0.1) is 17.7 Å². The summed E-state index contributed by atoms with van der Waals surface area (Å²) < 4.78 is 2.28. The first kappa shape index (κ1) is 23.3. The molecule has 30 heavy (non-hydrogen) atoms. The number of allylic oxidation sites excluding steroid dienone is 8. The Morgan fingerprint density at radius 1 is 1.00 bits per heavy atom. The molecule has 0 saturated carbocycles. The van der Waals surface area contributed by atoms with Gasteiger partial charge in [0.15, 0.2) is 5.71 Å². The maximum Gasteiger partial charge on any atom is 1.00 e. The monoisotopic (exact) mass is 465 g/mol. The molecule has 0 bridgehead atoms. The molecule has 2 heterocycles. The third-order valence-electron chi connectivity index (χ3n) is 6.00. The molecule has 4 rings (SSSR count). The van der Waals surface area contributed by atoms with E-state index in [0.29, 0.717) is 0 Å². The minimum atomic E-state index is 0. The average molecular weight is 466 g/mol. The topological polar surface area (TPSA) is 6.25 Å². The van der Waals surface area contributed by atoms with Gasteiger partial charge in [0, 0.05) is 30.8 Å². The van der Waals surface area contributed by atoms with Gasteiger partial charge in [-0.1, -0.05) is 50.2 Å². The summed E-state index contributed by atoms with van der Waals surface area (Å²) in [5.41, 5.74) is 10.4. The minimum absolute atomic E-state index is 0. The van der Waals surface area contributed by atoms with Crippen molar-refractivity contribution >= 4 is 17.1 Å². The van der Waals surface area contributed by atoms with E-state index >= 15 is 0 Å². The number of benzene rings is 2. The molecule has 2 nitrogen and oxygen atoms in total. The quantitative estimate of drug-likeness (QED) is 0.382. The Hall–Kier alpha value is -1.32. The smallest absolute Gasteiger partial charge is 0.359 e. The van der Waals surface area contributed by atoms with Crippen LogP contribution in [-0.4, -0.2) is 24.4 Å². The number of hydrogen-bond donors (Lipinski definition) is 0. The van der Waals surface area contributed by atoms with E-state index in [1.54, 1.807) is 0 Å². The summed E-state index contributed by atoms with van der Waals surface area (Å²) in [4.78, 5) is 2.27. The van der Waals surface area contributed by atoms with Crippen LogP contribution in [0.15, 0.2) is 89.7 Å². The molecule has 0 aromatic heterocycles. The molecule has 0 radical (unpaired) electrons. The molecule has 0 N–H and O–H groups in total. The number of fused-ring (bicyclic) bond motifs is 2. The van der Waals surface area contributed by atoms with Gasteiger partial charge in [-0.2, -0.15) is 22.3 Å². The fraction of sp³-hybridized carbons (Fsp3) is 0.222. The number of para-hydroxylation sites is 2. The molecule has 3 heteroatoms. The van der Waals surface area contributed by atoms with Crippen molar-refractivity contribution in [1.82, 2.24) is 0 Å². The van der Waals surface area contributed by atoms with Gasteiger partial charge in [-0.05, 0) is 23.4 Å². The van der Waals surface area contributed by atoms with Crippen molar-refractivity contribution < 1.29 is 62.8 Å². The number of rotatable bonds is 4. The summed E-state index contributed by atoms with van der Waals surface area (Å²) in [6, 6.07) is 17.2. The molecule has 2 aromatic rings. The molecule has 2 aliphatic rings. The van der Waals surface area contributed by atoms with Crippen molar-refractivity contribution in [1.29, 1.82) is 0 Å². The van der Waals surface area contributed by atoms with E-state index in [0.717, 1.165) is 18.4 Å². The summed E-state index contributed by atoms with van der Waals surface area (Å²) in [5.74, 6) is 0. The summed E-state index contributed by atoms with van der Waals surface area (Å²) in [6.45, 7) is 4.28. The normalized spacial score (nSPS) is 17.6. The molecule has 0 amide bonds. The molecular weight excluding hydrogens is 438 g/mol. The van der Waals surface area contributed by atoms with Gasteiger partial charge >= 0.3 is 58.2 Å².